The van der Waals surface area contributed by atoms with Gasteiger partial charge in [0.1, 0.15) is 5.82 Å². The number of halogens is 4. The summed E-state index contributed by atoms with van der Waals surface area (Å²) in [4.78, 5) is 16.0. The third-order valence-electron chi connectivity index (χ3n) is 2.76. The molecular weight excluding hydrogens is 353 g/mol. The molecule has 0 bridgehead atoms. The summed E-state index contributed by atoms with van der Waals surface area (Å²) >= 11 is 6.78. The minimum atomic E-state index is -4.61. The van der Waals surface area contributed by atoms with Crippen LogP contribution >= 0.6 is 23.4 Å². The van der Waals surface area contributed by atoms with Gasteiger partial charge in [-0.25, -0.2) is 4.98 Å². The van der Waals surface area contributed by atoms with Crippen molar-refractivity contribution in [3.05, 3.63) is 34.6 Å². The van der Waals surface area contributed by atoms with Crippen LogP contribution in [0.1, 0.15) is 18.3 Å². The number of hydrogen-bond donors (Lipinski definition) is 2. The third kappa shape index (κ3) is 4.61. The number of aromatic nitrogens is 3. The number of amides is 1. The molecule has 10 heteroatoms. The molecule has 0 saturated heterocycles. The molecule has 0 unspecified atom stereocenters. The Kier molecular flexibility index (Phi) is 5.53. The molecule has 5 nitrogen and oxygen atoms in total. The molecule has 124 valence electrons. The maximum atomic E-state index is 12.9. The van der Waals surface area contributed by atoms with Crippen molar-refractivity contribution < 1.29 is 18.0 Å². The van der Waals surface area contributed by atoms with Crippen molar-refractivity contribution in [2.75, 3.05) is 11.1 Å². The molecule has 1 amide bonds. The van der Waals surface area contributed by atoms with E-state index in [9.17, 15) is 18.0 Å². The number of nitrogens with zero attached hydrogens (tertiary/aromatic N) is 2. The number of H-pyrrole nitrogens is 1. The number of anilines is 1. The van der Waals surface area contributed by atoms with Crippen LogP contribution in [0.4, 0.5) is 18.9 Å². The maximum absolute atomic E-state index is 12.9. The third-order valence-corrected chi connectivity index (χ3v) is 3.92. The summed E-state index contributed by atoms with van der Waals surface area (Å²) in [5.74, 6) is -0.0985. The highest BCUT2D eigenvalue weighted by molar-refractivity contribution is 7.99. The largest absolute Gasteiger partial charge is 0.418 e. The number of thioether (sulfide) groups is 1. The van der Waals surface area contributed by atoms with Gasteiger partial charge < -0.3 is 5.32 Å². The highest BCUT2D eigenvalue weighted by atomic mass is 35.5. The maximum Gasteiger partial charge on any atom is 0.418 e. The number of carbonyl (C=O) groups is 1. The lowest BCUT2D eigenvalue weighted by Gasteiger charge is -2.14. The number of aromatic amines is 1. The zero-order valence-electron chi connectivity index (χ0n) is 11.9. The van der Waals surface area contributed by atoms with Gasteiger partial charge in [-0.2, -0.15) is 13.2 Å². The number of hydrogen-bond acceptors (Lipinski definition) is 4. The minimum Gasteiger partial charge on any atom is -0.324 e. The topological polar surface area (TPSA) is 70.7 Å². The van der Waals surface area contributed by atoms with Crippen LogP contribution in [0.3, 0.4) is 0 Å². The Bertz CT molecular complexity index is 705. The molecular formula is C13H12ClF3N4OS. The fourth-order valence-corrected chi connectivity index (χ4v) is 2.53. The van der Waals surface area contributed by atoms with E-state index in [1.165, 1.54) is 12.1 Å². The Morgan fingerprint density at radius 1 is 1.43 bits per heavy atom. The Hall–Kier alpha value is -1.74. The number of alkyl halides is 3. The van der Waals surface area contributed by atoms with E-state index in [1.807, 2.05) is 6.92 Å². The number of nitrogens with one attached hydrogen (secondary N) is 2. The fourth-order valence-electron chi connectivity index (χ4n) is 1.69. The summed E-state index contributed by atoms with van der Waals surface area (Å²) in [6, 6.07) is 3.31. The lowest BCUT2D eigenvalue weighted by molar-refractivity contribution is -0.137. The summed E-state index contributed by atoms with van der Waals surface area (Å²) in [6.07, 6.45) is -3.95. The van der Waals surface area contributed by atoms with E-state index in [4.69, 9.17) is 11.6 Å². The Morgan fingerprint density at radius 3 is 2.78 bits per heavy atom. The summed E-state index contributed by atoms with van der Waals surface area (Å²) in [6.45, 7) is 1.89. The van der Waals surface area contributed by atoms with Gasteiger partial charge in [0, 0.05) is 6.42 Å². The van der Waals surface area contributed by atoms with Gasteiger partial charge >= 0.3 is 6.18 Å². The van der Waals surface area contributed by atoms with Crippen LogP contribution in [0, 0.1) is 0 Å². The molecule has 0 aliphatic rings. The first kappa shape index (κ1) is 17.6. The van der Waals surface area contributed by atoms with Gasteiger partial charge in [-0.15, -0.1) is 5.10 Å². The quantitative estimate of drug-likeness (QED) is 0.792. The summed E-state index contributed by atoms with van der Waals surface area (Å²) in [5.41, 5.74) is -1.44. The molecule has 2 aromatic rings. The average Bonchev–Trinajstić information content (AvgIpc) is 2.94. The van der Waals surface area contributed by atoms with Gasteiger partial charge in [0.25, 0.3) is 0 Å². The van der Waals surface area contributed by atoms with Gasteiger partial charge in [-0.3, -0.25) is 9.89 Å². The first-order valence-corrected chi connectivity index (χ1v) is 7.87. The molecule has 0 atom stereocenters. The van der Waals surface area contributed by atoms with Gasteiger partial charge in [0.15, 0.2) is 0 Å². The van der Waals surface area contributed by atoms with Crippen LogP contribution in [0.15, 0.2) is 23.4 Å². The molecule has 1 heterocycles. The molecule has 0 spiro atoms. The van der Waals surface area contributed by atoms with Gasteiger partial charge in [-0.1, -0.05) is 36.4 Å². The second kappa shape index (κ2) is 7.22. The Balaban J connectivity index is 2.05. The van der Waals surface area contributed by atoms with E-state index in [1.54, 1.807) is 0 Å². The van der Waals surface area contributed by atoms with Crippen LogP contribution in [0.5, 0.6) is 0 Å². The SMILES string of the molecule is CCc1nc(SCC(=O)Nc2c(Cl)cccc2C(F)(F)F)n[nH]1. The van der Waals surface area contributed by atoms with E-state index in [2.05, 4.69) is 20.5 Å². The molecule has 2 rings (SSSR count). The smallest absolute Gasteiger partial charge is 0.324 e. The Morgan fingerprint density at radius 2 is 2.17 bits per heavy atom. The van der Waals surface area contributed by atoms with Crippen molar-refractivity contribution in [1.82, 2.24) is 15.2 Å². The number of rotatable bonds is 5. The first-order chi connectivity index (χ1) is 10.8. The normalized spacial score (nSPS) is 11.5. The second-order valence-corrected chi connectivity index (χ2v) is 5.76. The number of aryl methyl sites for hydroxylation is 1. The predicted molar refractivity (Wildman–Crippen MR) is 81.6 cm³/mol. The lowest BCUT2D eigenvalue weighted by atomic mass is 10.1. The van der Waals surface area contributed by atoms with E-state index in [-0.39, 0.29) is 10.8 Å². The van der Waals surface area contributed by atoms with Gasteiger partial charge in [-0.05, 0) is 12.1 Å². The van der Waals surface area contributed by atoms with Crippen LogP contribution in [-0.2, 0) is 17.4 Å². The summed E-state index contributed by atoms with van der Waals surface area (Å²) < 4.78 is 38.8. The lowest BCUT2D eigenvalue weighted by Crippen LogP contribution is -2.18. The molecule has 0 aliphatic heterocycles. The van der Waals surface area contributed by atoms with Crippen molar-refractivity contribution >= 4 is 35.0 Å². The standard InChI is InChI=1S/C13H12ClF3N4OS/c1-2-9-18-12(21-20-9)23-6-10(22)19-11-7(13(15,16)17)4-3-5-8(11)14/h3-5H,2,6H2,1H3,(H,19,22)(H,18,20,21). The van der Waals surface area contributed by atoms with E-state index >= 15 is 0 Å². The van der Waals surface area contributed by atoms with Crippen LogP contribution in [-0.4, -0.2) is 26.8 Å². The average molecular weight is 365 g/mol. The van der Waals surface area contributed by atoms with Gasteiger partial charge in [0.05, 0.1) is 22.0 Å². The second-order valence-electron chi connectivity index (χ2n) is 4.42. The molecule has 0 aliphatic carbocycles. The van der Waals surface area contributed by atoms with E-state index < -0.39 is 23.3 Å². The summed E-state index contributed by atoms with van der Waals surface area (Å²) in [7, 11) is 0. The number of para-hydroxylation sites is 1. The summed E-state index contributed by atoms with van der Waals surface area (Å²) in [5, 5.41) is 8.94. The van der Waals surface area contributed by atoms with Crippen molar-refractivity contribution in [2.24, 2.45) is 0 Å². The molecule has 2 N–H and O–H groups in total. The minimum absolute atomic E-state index is 0.135. The van der Waals surface area contributed by atoms with Crippen molar-refractivity contribution in [1.29, 1.82) is 0 Å². The fraction of sp³-hybridized carbons (Fsp3) is 0.308. The molecule has 23 heavy (non-hydrogen) atoms. The molecule has 0 fully saturated rings. The molecule has 0 radical (unpaired) electrons. The van der Waals surface area contributed by atoms with E-state index in [0.717, 1.165) is 17.8 Å². The zero-order chi connectivity index (χ0) is 17.0. The number of carbonyl (C=O) groups excluding carboxylic acids is 1. The zero-order valence-corrected chi connectivity index (χ0v) is 13.4. The van der Waals surface area contributed by atoms with Crippen LogP contribution in [0.2, 0.25) is 5.02 Å². The molecule has 0 saturated carbocycles. The van der Waals surface area contributed by atoms with Crippen LogP contribution in [0.25, 0.3) is 0 Å². The Labute approximate surface area is 139 Å². The van der Waals surface area contributed by atoms with E-state index in [0.29, 0.717) is 17.4 Å². The first-order valence-electron chi connectivity index (χ1n) is 6.51. The van der Waals surface area contributed by atoms with Crippen molar-refractivity contribution in [3.63, 3.8) is 0 Å². The van der Waals surface area contributed by atoms with Crippen LogP contribution < -0.4 is 5.32 Å². The molecule has 1 aromatic carbocycles. The highest BCUT2D eigenvalue weighted by Crippen LogP contribution is 2.38. The predicted octanol–water partition coefficient (Wildman–Crippen LogP) is 3.77. The van der Waals surface area contributed by atoms with Crippen molar-refractivity contribution in [2.45, 2.75) is 24.7 Å². The number of benzene rings is 1. The monoisotopic (exact) mass is 364 g/mol. The van der Waals surface area contributed by atoms with Crippen molar-refractivity contribution in [3.8, 4) is 0 Å². The van der Waals surface area contributed by atoms with Gasteiger partial charge in [0.2, 0.25) is 11.1 Å². The molecule has 1 aromatic heterocycles. The highest BCUT2D eigenvalue weighted by Gasteiger charge is 2.34.